The first-order valence-corrected chi connectivity index (χ1v) is 13.2. The summed E-state index contributed by atoms with van der Waals surface area (Å²) in [5.41, 5.74) is 2.82. The van der Waals surface area contributed by atoms with Crippen LogP contribution in [0, 0.1) is 5.41 Å². The number of piperidine rings is 1. The zero-order valence-corrected chi connectivity index (χ0v) is 22.0. The standard InChI is InChI=1S/C28H42N4O3/c1-22-10-8-9-13-32(22)27-24(26(29-35-27)23-11-6-5-7-12-23)21-31(25(33)20-28(2,3)4)15-14-30-16-18-34-19-17-30/h5-7,11-12,22H,8-10,13-21H2,1-4H3/t22-/m0/s1. The molecule has 0 aliphatic carbocycles. The van der Waals surface area contributed by atoms with Gasteiger partial charge in [-0.3, -0.25) is 9.69 Å². The van der Waals surface area contributed by atoms with E-state index in [1.165, 1.54) is 6.42 Å². The molecular weight excluding hydrogens is 440 g/mol. The second kappa shape index (κ2) is 11.6. The third-order valence-electron chi connectivity index (χ3n) is 7.05. The number of hydrogen-bond donors (Lipinski definition) is 0. The van der Waals surface area contributed by atoms with Crippen LogP contribution in [0.3, 0.4) is 0 Å². The Balaban J connectivity index is 1.64. The summed E-state index contributed by atoms with van der Waals surface area (Å²) in [5.74, 6) is 1.01. The van der Waals surface area contributed by atoms with Crippen LogP contribution in [-0.4, -0.2) is 72.8 Å². The summed E-state index contributed by atoms with van der Waals surface area (Å²) in [5, 5.41) is 4.55. The first-order valence-electron chi connectivity index (χ1n) is 13.2. The summed E-state index contributed by atoms with van der Waals surface area (Å²) in [6, 6.07) is 10.6. The van der Waals surface area contributed by atoms with Crippen molar-refractivity contribution in [1.29, 1.82) is 0 Å². The van der Waals surface area contributed by atoms with Crippen LogP contribution in [0.15, 0.2) is 34.9 Å². The molecule has 1 aromatic carbocycles. The minimum Gasteiger partial charge on any atom is -0.379 e. The van der Waals surface area contributed by atoms with Gasteiger partial charge in [0.25, 0.3) is 0 Å². The highest BCUT2D eigenvalue weighted by Gasteiger charge is 2.30. The molecule has 1 atom stereocenters. The Kier molecular flexibility index (Phi) is 8.50. The topological polar surface area (TPSA) is 62.1 Å². The first-order chi connectivity index (χ1) is 16.8. The molecule has 35 heavy (non-hydrogen) atoms. The number of morpholine rings is 1. The van der Waals surface area contributed by atoms with Crippen molar-refractivity contribution in [1.82, 2.24) is 15.0 Å². The number of carbonyl (C=O) groups is 1. The lowest BCUT2D eigenvalue weighted by Gasteiger charge is -2.35. The predicted molar refractivity (Wildman–Crippen MR) is 139 cm³/mol. The zero-order valence-electron chi connectivity index (χ0n) is 22.0. The molecule has 192 valence electrons. The Bertz CT molecular complexity index is 947. The monoisotopic (exact) mass is 482 g/mol. The van der Waals surface area contributed by atoms with Gasteiger partial charge in [-0.25, -0.2) is 0 Å². The molecule has 0 radical (unpaired) electrons. The Morgan fingerprint density at radius 3 is 2.54 bits per heavy atom. The first kappa shape index (κ1) is 25.7. The largest absolute Gasteiger partial charge is 0.379 e. The van der Waals surface area contributed by atoms with Gasteiger partial charge in [0.15, 0.2) is 0 Å². The lowest BCUT2D eigenvalue weighted by Crippen LogP contribution is -2.43. The van der Waals surface area contributed by atoms with Gasteiger partial charge in [0, 0.05) is 50.7 Å². The Morgan fingerprint density at radius 1 is 1.11 bits per heavy atom. The molecule has 0 N–H and O–H groups in total. The van der Waals surface area contributed by atoms with Crippen molar-refractivity contribution >= 4 is 11.8 Å². The third kappa shape index (κ3) is 6.85. The molecule has 4 rings (SSSR count). The maximum Gasteiger partial charge on any atom is 0.233 e. The van der Waals surface area contributed by atoms with E-state index in [1.54, 1.807) is 0 Å². The molecule has 7 heteroatoms. The quantitative estimate of drug-likeness (QED) is 0.538. The van der Waals surface area contributed by atoms with Crippen molar-refractivity contribution in [2.24, 2.45) is 5.41 Å². The van der Waals surface area contributed by atoms with Crippen LogP contribution in [0.5, 0.6) is 0 Å². The van der Waals surface area contributed by atoms with E-state index in [0.29, 0.717) is 25.6 Å². The van der Waals surface area contributed by atoms with Gasteiger partial charge in [-0.1, -0.05) is 56.3 Å². The van der Waals surface area contributed by atoms with Crippen LogP contribution in [0.25, 0.3) is 11.3 Å². The van der Waals surface area contributed by atoms with Crippen molar-refractivity contribution in [2.45, 2.75) is 66.0 Å². The van der Waals surface area contributed by atoms with Gasteiger partial charge in [-0.05, 0) is 31.6 Å². The molecule has 2 saturated heterocycles. The summed E-state index contributed by atoms with van der Waals surface area (Å²) in [7, 11) is 0. The summed E-state index contributed by atoms with van der Waals surface area (Å²) >= 11 is 0. The number of carbonyl (C=O) groups excluding carboxylic acids is 1. The van der Waals surface area contributed by atoms with Crippen LogP contribution in [0.1, 0.15) is 58.9 Å². The number of benzene rings is 1. The Hall–Kier alpha value is -2.38. The number of rotatable bonds is 8. The second-order valence-corrected chi connectivity index (χ2v) is 11.2. The maximum absolute atomic E-state index is 13.6. The van der Waals surface area contributed by atoms with E-state index in [4.69, 9.17) is 9.26 Å². The molecular formula is C28H42N4O3. The molecule has 0 bridgehead atoms. The number of aromatic nitrogens is 1. The molecule has 7 nitrogen and oxygen atoms in total. The SMILES string of the molecule is C[C@H]1CCCCN1c1onc(-c2ccccc2)c1CN(CCN1CCOCC1)C(=O)CC(C)(C)C. The lowest BCUT2D eigenvalue weighted by molar-refractivity contribution is -0.134. The van der Waals surface area contributed by atoms with Crippen molar-refractivity contribution < 1.29 is 14.1 Å². The number of ether oxygens (including phenoxy) is 1. The molecule has 0 spiro atoms. The third-order valence-corrected chi connectivity index (χ3v) is 7.05. The van der Waals surface area contributed by atoms with Crippen LogP contribution in [0.2, 0.25) is 0 Å². The molecule has 2 aliphatic rings. The smallest absolute Gasteiger partial charge is 0.233 e. The van der Waals surface area contributed by atoms with Gasteiger partial charge >= 0.3 is 0 Å². The zero-order chi connectivity index (χ0) is 24.8. The highest BCUT2D eigenvalue weighted by Crippen LogP contribution is 2.36. The van der Waals surface area contributed by atoms with Gasteiger partial charge in [-0.2, -0.15) is 0 Å². The fourth-order valence-electron chi connectivity index (χ4n) is 5.03. The van der Waals surface area contributed by atoms with Crippen molar-refractivity contribution in [3.63, 3.8) is 0 Å². The van der Waals surface area contributed by atoms with Crippen LogP contribution < -0.4 is 4.90 Å². The molecule has 2 fully saturated rings. The summed E-state index contributed by atoms with van der Waals surface area (Å²) in [6.45, 7) is 15.0. The summed E-state index contributed by atoms with van der Waals surface area (Å²) < 4.78 is 11.6. The number of amides is 1. The summed E-state index contributed by atoms with van der Waals surface area (Å²) in [6.07, 6.45) is 4.04. The molecule has 1 aromatic heterocycles. The molecule has 2 aromatic rings. The van der Waals surface area contributed by atoms with Crippen molar-refractivity contribution in [3.8, 4) is 11.3 Å². The highest BCUT2D eigenvalue weighted by molar-refractivity contribution is 5.78. The summed E-state index contributed by atoms with van der Waals surface area (Å²) in [4.78, 5) is 20.3. The number of nitrogens with zero attached hydrogens (tertiary/aromatic N) is 4. The average Bonchev–Trinajstić information content (AvgIpc) is 3.25. The molecule has 0 saturated carbocycles. The van der Waals surface area contributed by atoms with E-state index in [0.717, 1.165) is 74.9 Å². The minimum absolute atomic E-state index is 0.0740. The Labute approximate surface area is 210 Å². The highest BCUT2D eigenvalue weighted by atomic mass is 16.5. The Morgan fingerprint density at radius 2 is 1.86 bits per heavy atom. The normalized spacial score (nSPS) is 19.7. The lowest BCUT2D eigenvalue weighted by atomic mass is 9.91. The minimum atomic E-state index is -0.0740. The van der Waals surface area contributed by atoms with Gasteiger partial charge in [-0.15, -0.1) is 0 Å². The average molecular weight is 483 g/mol. The van der Waals surface area contributed by atoms with Crippen LogP contribution in [-0.2, 0) is 16.1 Å². The van der Waals surface area contributed by atoms with Gasteiger partial charge < -0.3 is 19.1 Å². The van der Waals surface area contributed by atoms with Crippen molar-refractivity contribution in [3.05, 3.63) is 35.9 Å². The predicted octanol–water partition coefficient (Wildman–Crippen LogP) is 4.82. The van der Waals surface area contributed by atoms with E-state index in [2.05, 4.69) is 54.8 Å². The van der Waals surface area contributed by atoms with E-state index in [9.17, 15) is 4.79 Å². The van der Waals surface area contributed by atoms with Crippen LogP contribution >= 0.6 is 0 Å². The molecule has 0 unspecified atom stereocenters. The molecule has 2 aliphatic heterocycles. The van der Waals surface area contributed by atoms with E-state index < -0.39 is 0 Å². The molecule has 1 amide bonds. The fourth-order valence-corrected chi connectivity index (χ4v) is 5.03. The maximum atomic E-state index is 13.6. The van der Waals surface area contributed by atoms with Crippen LogP contribution in [0.4, 0.5) is 5.88 Å². The number of anilines is 1. The fraction of sp³-hybridized carbons (Fsp3) is 0.643. The van der Waals surface area contributed by atoms with Gasteiger partial charge in [0.1, 0.15) is 5.69 Å². The van der Waals surface area contributed by atoms with Crippen molar-refractivity contribution in [2.75, 3.05) is 50.8 Å². The van der Waals surface area contributed by atoms with Gasteiger partial charge in [0.2, 0.25) is 11.8 Å². The van der Waals surface area contributed by atoms with E-state index in [-0.39, 0.29) is 11.3 Å². The number of hydrogen-bond acceptors (Lipinski definition) is 6. The van der Waals surface area contributed by atoms with E-state index in [1.807, 2.05) is 23.1 Å². The second-order valence-electron chi connectivity index (χ2n) is 11.2. The molecule has 3 heterocycles. The van der Waals surface area contributed by atoms with E-state index >= 15 is 0 Å². The van der Waals surface area contributed by atoms with Gasteiger partial charge in [0.05, 0.1) is 25.3 Å².